The number of hydrogen-bond donors (Lipinski definition) is 9. The second-order valence-electron chi connectivity index (χ2n) is 20.7. The second kappa shape index (κ2) is 33.1. The number of phenols is 1. The van der Waals surface area contributed by atoms with E-state index in [1.165, 1.54) is 43.4 Å². The molecule has 0 radical (unpaired) electrons. The number of hydrogen-bond acceptors (Lipinski definition) is 22. The number of fused-ring (bicyclic) bond motifs is 3. The Labute approximate surface area is 541 Å². The summed E-state index contributed by atoms with van der Waals surface area (Å²) in [5.41, 5.74) is 17.8. The molecular formula is C63H68N11NaO12S2. The van der Waals surface area contributed by atoms with Crippen LogP contribution in [0.3, 0.4) is 0 Å². The number of aromatic hydroxyl groups is 1. The van der Waals surface area contributed by atoms with E-state index in [1.807, 2.05) is 73.7 Å². The van der Waals surface area contributed by atoms with Gasteiger partial charge in [0.2, 0.25) is 11.9 Å². The van der Waals surface area contributed by atoms with E-state index in [0.29, 0.717) is 66.2 Å². The number of unbranched alkanes of at least 4 members (excludes halogenated alkanes) is 4. The van der Waals surface area contributed by atoms with E-state index >= 15 is 0 Å². The molecule has 0 spiro atoms. The minimum absolute atomic E-state index is 0. The average Bonchev–Trinajstić information content (AvgIpc) is 0.872. The van der Waals surface area contributed by atoms with E-state index in [1.54, 1.807) is 50.2 Å². The molecule has 26 heteroatoms. The monoisotopic (exact) mass is 1260 g/mol. The number of rotatable bonds is 28. The molecule has 7 aromatic carbocycles. The van der Waals surface area contributed by atoms with E-state index in [2.05, 4.69) is 55.8 Å². The minimum Gasteiger partial charge on any atom is -0.691 e. The maximum absolute atomic E-state index is 13.5. The number of nitrogens with one attached hydrogen (secondary N) is 5. The number of esters is 1. The Morgan fingerprint density at radius 2 is 1.43 bits per heavy atom. The molecule has 9 rings (SSSR count). The summed E-state index contributed by atoms with van der Waals surface area (Å²) in [4.78, 5) is 61.1. The van der Waals surface area contributed by atoms with Gasteiger partial charge in [0.25, 0.3) is 10.1 Å². The standard InChI is InChI=1S/C37H45N9O5S.C26H24N2O7S.Na/c1-24-10-8-12-29(20-24)40-35-42-36(44-37(48)43-35)41-31-23-30(52(49,50)51)22-27-21-25(2)33(34(47)32(27)31)46-45-28-15-13-26(14-16-28)11-9-19-39-18-7-5-3-4-6-17-38;1-2-21(29)33-12-6-8-15-7-5-9-16(13-15)28-19-14-20(36-35-34-32)24(27)23-22(19)25(30)17-10-3-4-11-18(17)26(23)31;/h8,10,12-16,20-23,39,47H,3-7,9,11,17-19,38H2,1-2H3,(H,49,50,51)(H3,40,41,42,43,44,48);3-5,7,9-11,13-14,28,32H,2,6,8,12,27H2,1H3;/q;;+1/p-1. The molecule has 1 heterocycles. The van der Waals surface area contributed by atoms with Gasteiger partial charge in [-0.2, -0.15) is 27.8 Å². The first kappa shape index (κ1) is 68.6. The third-order valence-corrected chi connectivity index (χ3v) is 15.6. The number of carbonyl (C=O) groups is 3. The normalized spacial score (nSPS) is 11.8. The Kier molecular flexibility index (Phi) is 25.5. The molecular weight excluding hydrogens is 1190 g/mol. The fraction of sp³-hybridized carbons (Fsp3) is 0.270. The molecule has 0 atom stereocenters. The Bertz CT molecular complexity index is 4020. The van der Waals surface area contributed by atoms with E-state index < -0.39 is 26.5 Å². The molecule has 23 nitrogen and oxygen atoms in total. The largest absolute Gasteiger partial charge is 1.00 e. The molecule has 0 saturated heterocycles. The number of ether oxygens (including phenoxy) is 1. The molecule has 8 aromatic rings. The quantitative estimate of drug-likeness (QED) is 0.00257. The van der Waals surface area contributed by atoms with Gasteiger partial charge in [0, 0.05) is 34.3 Å². The first-order chi connectivity index (χ1) is 42.4. The maximum atomic E-state index is 13.5. The molecule has 89 heavy (non-hydrogen) atoms. The van der Waals surface area contributed by atoms with Gasteiger partial charge in [-0.05, 0) is 160 Å². The fourth-order valence-electron chi connectivity index (χ4n) is 9.82. The third-order valence-electron chi connectivity index (χ3n) is 14.1. The summed E-state index contributed by atoms with van der Waals surface area (Å²) in [6.45, 7) is 8.43. The zero-order chi connectivity index (χ0) is 62.7. The number of anilines is 7. The van der Waals surface area contributed by atoms with Gasteiger partial charge in [-0.1, -0.05) is 86.8 Å². The number of nitrogen functional groups attached to an aromatic ring is 1. The van der Waals surface area contributed by atoms with Crippen molar-refractivity contribution in [2.45, 2.75) is 94.8 Å². The third kappa shape index (κ3) is 18.8. The topological polar surface area (TPSA) is 360 Å². The summed E-state index contributed by atoms with van der Waals surface area (Å²) >= 11 is 0.545. The maximum Gasteiger partial charge on any atom is 1.00 e. The summed E-state index contributed by atoms with van der Waals surface area (Å²) < 4.78 is 43.9. The fourth-order valence-corrected chi connectivity index (χ4v) is 10.8. The predicted octanol–water partition coefficient (Wildman–Crippen LogP) is 8.13. The first-order valence-corrected chi connectivity index (χ1v) is 30.7. The zero-order valence-corrected chi connectivity index (χ0v) is 53.3. The molecule has 11 N–H and O–H groups in total. The van der Waals surface area contributed by atoms with Gasteiger partial charge in [0.15, 0.2) is 17.3 Å². The summed E-state index contributed by atoms with van der Waals surface area (Å²) in [6.07, 6.45) is 9.55. The zero-order valence-electron chi connectivity index (χ0n) is 49.7. The van der Waals surface area contributed by atoms with Crippen molar-refractivity contribution in [3.05, 3.63) is 176 Å². The number of carbonyl (C=O) groups excluding carboxylic acids is 3. The van der Waals surface area contributed by atoms with Crippen LogP contribution in [0, 0.1) is 13.8 Å². The number of ketones is 2. The van der Waals surface area contributed by atoms with Crippen molar-refractivity contribution >= 4 is 102 Å². The smallest absolute Gasteiger partial charge is 0.691 e. The average molecular weight is 1260 g/mol. The number of benzene rings is 7. The summed E-state index contributed by atoms with van der Waals surface area (Å²) in [5, 5.41) is 47.1. The van der Waals surface area contributed by atoms with Crippen LogP contribution in [0.2, 0.25) is 0 Å². The van der Waals surface area contributed by atoms with Crippen LogP contribution >= 0.6 is 12.0 Å². The Balaban J connectivity index is 0.000000267. The van der Waals surface area contributed by atoms with Crippen LogP contribution in [-0.2, 0) is 41.9 Å². The van der Waals surface area contributed by atoms with Crippen LogP contribution in [0.5, 0.6) is 5.75 Å². The van der Waals surface area contributed by atoms with Gasteiger partial charge < -0.3 is 47.8 Å². The van der Waals surface area contributed by atoms with Crippen molar-refractivity contribution in [3.8, 4) is 5.75 Å². The predicted molar refractivity (Wildman–Crippen MR) is 336 cm³/mol. The number of nitrogens with two attached hydrogens (primary N) is 2. The molecule has 0 aliphatic heterocycles. The van der Waals surface area contributed by atoms with Crippen LogP contribution in [0.1, 0.15) is 112 Å². The number of nitrogens with zero attached hydrogens (tertiary/aromatic N) is 4. The molecule has 0 unspecified atom stereocenters. The summed E-state index contributed by atoms with van der Waals surface area (Å²) in [7, 11) is -4.66. The van der Waals surface area contributed by atoms with Crippen molar-refractivity contribution in [2.75, 3.05) is 47.9 Å². The molecule has 1 aromatic heterocycles. The summed E-state index contributed by atoms with van der Waals surface area (Å²) in [5.74, 6) is -1.41. The van der Waals surface area contributed by atoms with Crippen molar-refractivity contribution in [1.29, 1.82) is 0 Å². The molecule has 0 amide bonds. The van der Waals surface area contributed by atoms with Crippen LogP contribution < -0.4 is 73.2 Å². The van der Waals surface area contributed by atoms with E-state index in [0.717, 1.165) is 56.1 Å². The minimum atomic E-state index is -4.66. The molecule has 0 fully saturated rings. The molecule has 460 valence electrons. The Hall–Kier alpha value is -7.92. The summed E-state index contributed by atoms with van der Waals surface area (Å²) in [6, 6.07) is 34.7. The first-order valence-electron chi connectivity index (χ1n) is 28.5. The van der Waals surface area contributed by atoms with Crippen LogP contribution in [0.15, 0.2) is 146 Å². The SMILES string of the molecule is CCC(=O)OCCCc1cccc(Nc2cc(SOO[O-])c(N)c3c2C(=O)c2ccccc2C3=O)c1.Cc1cccc(Nc2nc(Nc3cc(S(=O)(=O)O)cc4cc(C)c(N=Nc5ccc(CCCNCCCCCCCN)cc5)c(O)c34)nc(=O)[nH]2)c1.[Na+]. The Morgan fingerprint density at radius 1 is 0.742 bits per heavy atom. The van der Waals surface area contributed by atoms with Crippen molar-refractivity contribution in [2.24, 2.45) is 16.0 Å². The van der Waals surface area contributed by atoms with Crippen LogP contribution in [0.25, 0.3) is 10.8 Å². The van der Waals surface area contributed by atoms with Gasteiger partial charge in [0.1, 0.15) is 5.69 Å². The molecule has 1 aliphatic rings. The molecule has 0 saturated carbocycles. The van der Waals surface area contributed by atoms with Gasteiger partial charge in [0.05, 0.1) is 62.3 Å². The van der Waals surface area contributed by atoms with Crippen molar-refractivity contribution < 1.29 is 81.4 Å². The number of aromatic nitrogens is 3. The number of H-pyrrole nitrogens is 1. The van der Waals surface area contributed by atoms with E-state index in [-0.39, 0.29) is 114 Å². The number of aromatic amines is 1. The number of azo groups is 1. The number of phenolic OH excluding ortho intramolecular Hbond substituents is 1. The molecule has 1 aliphatic carbocycles. The van der Waals surface area contributed by atoms with Crippen molar-refractivity contribution in [1.82, 2.24) is 20.3 Å². The van der Waals surface area contributed by atoms with Crippen molar-refractivity contribution in [3.63, 3.8) is 0 Å². The van der Waals surface area contributed by atoms with Crippen LogP contribution in [-0.4, -0.2) is 76.8 Å². The number of aryl methyl sites for hydroxylation is 4. The van der Waals surface area contributed by atoms with E-state index in [4.69, 9.17) is 16.2 Å². The van der Waals surface area contributed by atoms with Gasteiger partial charge in [-0.3, -0.25) is 29.0 Å². The second-order valence-corrected chi connectivity index (χ2v) is 22.8. The molecule has 0 bridgehead atoms. The van der Waals surface area contributed by atoms with Gasteiger partial charge in [-0.15, -0.1) is 5.11 Å². The van der Waals surface area contributed by atoms with Gasteiger partial charge in [-0.25, -0.2) is 4.79 Å². The van der Waals surface area contributed by atoms with E-state index in [9.17, 15) is 42.5 Å². The van der Waals surface area contributed by atoms with Gasteiger partial charge >= 0.3 is 41.2 Å². The van der Waals surface area contributed by atoms with Crippen LogP contribution in [0.4, 0.5) is 51.7 Å². The Morgan fingerprint density at radius 3 is 2.13 bits per heavy atom.